The Morgan fingerprint density at radius 2 is 0.648 bits per heavy atom. The number of hydrogen-bond acceptors (Lipinski definition) is 2. The fourth-order valence-electron chi connectivity index (χ4n) is 11.6. The van der Waals surface area contributed by atoms with E-state index in [0.29, 0.717) is 0 Å². The summed E-state index contributed by atoms with van der Waals surface area (Å²) in [5, 5.41) is 8.04. The van der Waals surface area contributed by atoms with E-state index in [4.69, 9.17) is 0 Å². The van der Waals surface area contributed by atoms with E-state index in [9.17, 15) is 0 Å². The highest BCUT2D eigenvalue weighted by Crippen LogP contribution is 2.65. The minimum Gasteiger partial charge on any atom is -0.309 e. The van der Waals surface area contributed by atoms with Crippen molar-refractivity contribution in [1.82, 2.24) is 0 Å². The van der Waals surface area contributed by atoms with E-state index in [1.165, 1.54) is 111 Å². The molecule has 0 N–H and O–H groups in total. The average Bonchev–Trinajstić information content (AvgIpc) is 3.16. The molecule has 0 amide bonds. The molecule has 4 aliphatic heterocycles. The number of benzene rings is 8. The highest BCUT2D eigenvalue weighted by molar-refractivity contribution is 6.30. The Bertz CT molecular complexity index is 2800. The van der Waals surface area contributed by atoms with Crippen molar-refractivity contribution in [2.24, 2.45) is 0 Å². The van der Waals surface area contributed by atoms with E-state index in [1.807, 2.05) is 0 Å². The molecule has 54 heavy (non-hydrogen) atoms. The fraction of sp³-hybridized carbons (Fsp3) is 0.231. The van der Waals surface area contributed by atoms with Crippen molar-refractivity contribution in [3.8, 4) is 0 Å². The quantitative estimate of drug-likeness (QED) is 0.146. The summed E-state index contributed by atoms with van der Waals surface area (Å²) in [4.78, 5) is 5.28. The van der Waals surface area contributed by atoms with E-state index in [2.05, 4.69) is 187 Å². The molecule has 262 valence electrons. The lowest BCUT2D eigenvalue weighted by atomic mass is 9.65. The maximum absolute atomic E-state index is 2.64. The topological polar surface area (TPSA) is 6.48 Å². The number of anilines is 6. The van der Waals surface area contributed by atoms with Gasteiger partial charge in [-0.15, -0.1) is 0 Å². The van der Waals surface area contributed by atoms with Crippen LogP contribution in [0.1, 0.15) is 99.9 Å². The maximum Gasteiger partial charge on any atom is 0.0581 e. The summed E-state index contributed by atoms with van der Waals surface area (Å²) in [6.07, 6.45) is 0. The molecule has 0 bridgehead atoms. The summed E-state index contributed by atoms with van der Waals surface area (Å²) in [7, 11) is 0. The van der Waals surface area contributed by atoms with Crippen molar-refractivity contribution in [1.29, 1.82) is 0 Å². The lowest BCUT2D eigenvalue weighted by molar-refractivity contribution is 0.598. The van der Waals surface area contributed by atoms with Crippen molar-refractivity contribution in [3.63, 3.8) is 0 Å². The van der Waals surface area contributed by atoms with Crippen molar-refractivity contribution in [2.75, 3.05) is 9.80 Å². The first-order chi connectivity index (χ1) is 25.8. The van der Waals surface area contributed by atoms with Gasteiger partial charge in [-0.05, 0) is 90.3 Å². The number of hydrogen-bond donors (Lipinski definition) is 0. The van der Waals surface area contributed by atoms with Crippen LogP contribution in [0.25, 0.3) is 32.3 Å². The van der Waals surface area contributed by atoms with Crippen LogP contribution in [-0.2, 0) is 21.7 Å². The number of rotatable bonds is 0. The number of fused-ring (bicyclic) bond motifs is 10. The van der Waals surface area contributed by atoms with E-state index >= 15 is 0 Å². The molecule has 4 heterocycles. The molecule has 0 radical (unpaired) electrons. The van der Waals surface area contributed by atoms with Crippen LogP contribution in [0.4, 0.5) is 34.1 Å². The normalized spacial score (nSPS) is 18.5. The molecule has 8 aromatic carbocycles. The zero-order valence-electron chi connectivity index (χ0n) is 32.4. The van der Waals surface area contributed by atoms with E-state index in [0.717, 1.165) is 0 Å². The van der Waals surface area contributed by atoms with Gasteiger partial charge in [-0.2, -0.15) is 0 Å². The standard InChI is InChI=1S/C52H44N2/c1-49(2)33-15-9-11-21-41(33)53-45-31-25-23-30-28-40-46(54-42-22-12-10-16-34(42)50(3,4)36-18-14-20-38(48(36)54)52(40,7)8)32-26-24-29(43(31)44(30)32)27-39(45)51(5,6)37-19-13-17-35(49)47(37)53/h9-28H,1-8H3. The van der Waals surface area contributed by atoms with Gasteiger partial charge in [-0.1, -0.05) is 152 Å². The van der Waals surface area contributed by atoms with Crippen LogP contribution in [0.5, 0.6) is 0 Å². The van der Waals surface area contributed by atoms with Gasteiger partial charge < -0.3 is 9.80 Å². The SMILES string of the molecule is CC1(C)c2ccccc2N2c3c1cccc3C(C)(C)c1cc3ccc4c5c(cc6ccc(c12)c3c64)C(C)(C)c1cccc2c1N5c1ccccc1C2(C)C. The lowest BCUT2D eigenvalue weighted by Crippen LogP contribution is -2.38. The largest absolute Gasteiger partial charge is 0.309 e. The molecule has 0 fully saturated rings. The van der Waals surface area contributed by atoms with Crippen LogP contribution in [0.2, 0.25) is 0 Å². The zero-order valence-corrected chi connectivity index (χ0v) is 32.4. The third-order valence-corrected chi connectivity index (χ3v) is 14.5. The summed E-state index contributed by atoms with van der Waals surface area (Å²) >= 11 is 0. The second-order valence-electron chi connectivity index (χ2n) is 18.6. The molecule has 0 saturated carbocycles. The average molecular weight is 697 g/mol. The van der Waals surface area contributed by atoms with Crippen molar-refractivity contribution < 1.29 is 0 Å². The predicted octanol–water partition coefficient (Wildman–Crippen LogP) is 14.1. The summed E-state index contributed by atoms with van der Waals surface area (Å²) < 4.78 is 0. The molecule has 8 aromatic rings. The van der Waals surface area contributed by atoms with Crippen molar-refractivity contribution >= 4 is 66.4 Å². The summed E-state index contributed by atoms with van der Waals surface area (Å²) in [5.74, 6) is 0. The van der Waals surface area contributed by atoms with Crippen LogP contribution in [0.3, 0.4) is 0 Å². The molecular formula is C52H44N2. The van der Waals surface area contributed by atoms with Gasteiger partial charge in [-0.25, -0.2) is 0 Å². The van der Waals surface area contributed by atoms with Gasteiger partial charge in [0.15, 0.2) is 0 Å². The van der Waals surface area contributed by atoms with Gasteiger partial charge >= 0.3 is 0 Å². The zero-order chi connectivity index (χ0) is 36.8. The number of para-hydroxylation sites is 4. The highest BCUT2D eigenvalue weighted by Gasteiger charge is 2.48. The molecule has 0 saturated heterocycles. The molecule has 0 unspecified atom stereocenters. The summed E-state index contributed by atoms with van der Waals surface area (Å²) in [5.41, 5.74) is 18.5. The highest BCUT2D eigenvalue weighted by atomic mass is 15.2. The van der Waals surface area contributed by atoms with Gasteiger partial charge in [0.1, 0.15) is 0 Å². The molecule has 0 aromatic heterocycles. The first-order valence-electron chi connectivity index (χ1n) is 19.7. The molecule has 2 nitrogen and oxygen atoms in total. The third-order valence-electron chi connectivity index (χ3n) is 14.5. The van der Waals surface area contributed by atoms with Crippen LogP contribution >= 0.6 is 0 Å². The van der Waals surface area contributed by atoms with Gasteiger partial charge in [0.2, 0.25) is 0 Å². The van der Waals surface area contributed by atoms with Gasteiger partial charge in [0.05, 0.1) is 34.1 Å². The smallest absolute Gasteiger partial charge is 0.0581 e. The second-order valence-corrected chi connectivity index (χ2v) is 18.6. The van der Waals surface area contributed by atoms with Gasteiger partial charge in [0, 0.05) is 32.4 Å². The Morgan fingerprint density at radius 3 is 1.04 bits per heavy atom. The summed E-state index contributed by atoms with van der Waals surface area (Å²) in [6.45, 7) is 19.4. The van der Waals surface area contributed by atoms with Crippen LogP contribution < -0.4 is 9.80 Å². The Labute approximate surface area is 318 Å². The lowest BCUT2D eigenvalue weighted by Gasteiger charge is -2.50. The molecular weight excluding hydrogens is 653 g/mol. The molecule has 2 heteroatoms. The molecule has 0 atom stereocenters. The first-order valence-corrected chi connectivity index (χ1v) is 19.7. The van der Waals surface area contributed by atoms with Crippen LogP contribution in [0.15, 0.2) is 121 Å². The Balaban J connectivity index is 1.23. The monoisotopic (exact) mass is 696 g/mol. The van der Waals surface area contributed by atoms with E-state index in [-0.39, 0.29) is 21.7 Å². The molecule has 4 aliphatic rings. The Kier molecular flexibility index (Phi) is 5.34. The fourth-order valence-corrected chi connectivity index (χ4v) is 11.6. The Hall–Kier alpha value is -5.60. The Morgan fingerprint density at radius 1 is 0.315 bits per heavy atom. The van der Waals surface area contributed by atoms with E-state index < -0.39 is 0 Å². The van der Waals surface area contributed by atoms with Gasteiger partial charge in [0.25, 0.3) is 0 Å². The van der Waals surface area contributed by atoms with Crippen LogP contribution in [-0.4, -0.2) is 0 Å². The number of nitrogens with zero attached hydrogens (tertiary/aromatic N) is 2. The van der Waals surface area contributed by atoms with E-state index in [1.54, 1.807) is 0 Å². The predicted molar refractivity (Wildman–Crippen MR) is 228 cm³/mol. The van der Waals surface area contributed by atoms with Crippen molar-refractivity contribution in [3.05, 3.63) is 166 Å². The van der Waals surface area contributed by atoms with Gasteiger partial charge in [-0.3, -0.25) is 0 Å². The first kappa shape index (κ1) is 30.8. The minimum absolute atomic E-state index is 0.115. The maximum atomic E-state index is 2.64. The molecule has 0 aliphatic carbocycles. The minimum atomic E-state index is -0.183. The van der Waals surface area contributed by atoms with Crippen LogP contribution in [0, 0.1) is 0 Å². The molecule has 12 rings (SSSR count). The van der Waals surface area contributed by atoms with Crippen molar-refractivity contribution in [2.45, 2.75) is 77.0 Å². The summed E-state index contributed by atoms with van der Waals surface area (Å²) in [6, 6.07) is 47.1. The molecule has 0 spiro atoms. The third kappa shape index (κ3) is 3.29. The second kappa shape index (κ2) is 9.36.